The number of nitrogens with zero attached hydrogens (tertiary/aromatic N) is 2. The van der Waals surface area contributed by atoms with Crippen LogP contribution in [0.25, 0.3) is 0 Å². The maximum Gasteiger partial charge on any atom is 0.0812 e. The first kappa shape index (κ1) is 9.71. The molecule has 0 bridgehead atoms. The lowest BCUT2D eigenvalue weighted by molar-refractivity contribution is 0.0868. The molecule has 0 fully saturated rings. The lowest BCUT2D eigenvalue weighted by atomic mass is 10.1. The van der Waals surface area contributed by atoms with Gasteiger partial charge in [-0.1, -0.05) is 12.2 Å². The van der Waals surface area contributed by atoms with E-state index in [1.54, 1.807) is 0 Å². The number of hydrogen-bond acceptors (Lipinski definition) is 3. The van der Waals surface area contributed by atoms with Gasteiger partial charge in [-0.05, 0) is 28.2 Å². The Hall–Kier alpha value is -0.380. The van der Waals surface area contributed by atoms with Gasteiger partial charge in [0, 0.05) is 6.54 Å². The number of nitrogens with one attached hydrogen (secondary N) is 1. The van der Waals surface area contributed by atoms with Crippen LogP contribution in [0.2, 0.25) is 0 Å². The zero-order valence-corrected chi connectivity index (χ0v) is 8.41. The molecule has 1 heterocycles. The van der Waals surface area contributed by atoms with Gasteiger partial charge in [0.15, 0.2) is 0 Å². The predicted molar refractivity (Wildman–Crippen MR) is 52.1 cm³/mol. The fourth-order valence-corrected chi connectivity index (χ4v) is 1.82. The van der Waals surface area contributed by atoms with Crippen molar-refractivity contribution in [3.63, 3.8) is 0 Å². The van der Waals surface area contributed by atoms with Crippen molar-refractivity contribution >= 4 is 0 Å². The lowest BCUT2D eigenvalue weighted by Crippen LogP contribution is -2.56. The fraction of sp³-hybridized carbons (Fsp3) is 0.778. The van der Waals surface area contributed by atoms with Gasteiger partial charge in [0.25, 0.3) is 0 Å². The molecule has 0 amide bonds. The van der Waals surface area contributed by atoms with Crippen molar-refractivity contribution in [2.24, 2.45) is 0 Å². The summed E-state index contributed by atoms with van der Waals surface area (Å²) in [6, 6.07) is 0.443. The molecule has 3 heteroatoms. The van der Waals surface area contributed by atoms with Crippen LogP contribution < -0.4 is 5.32 Å². The summed E-state index contributed by atoms with van der Waals surface area (Å²) in [4.78, 5) is 4.58. The van der Waals surface area contributed by atoms with E-state index in [-0.39, 0.29) is 0 Å². The zero-order valence-electron chi connectivity index (χ0n) is 8.41. The minimum atomic E-state index is 0.443. The molecule has 0 radical (unpaired) electrons. The minimum Gasteiger partial charge on any atom is -0.311 e. The van der Waals surface area contributed by atoms with E-state index in [9.17, 15) is 0 Å². The summed E-state index contributed by atoms with van der Waals surface area (Å²) >= 11 is 0. The van der Waals surface area contributed by atoms with E-state index in [2.05, 4.69) is 48.4 Å². The molecular formula is C9H19N3. The third-order valence-corrected chi connectivity index (χ3v) is 2.37. The summed E-state index contributed by atoms with van der Waals surface area (Å²) in [6.07, 6.45) is 4.92. The molecule has 3 nitrogen and oxygen atoms in total. The molecule has 1 aliphatic heterocycles. The molecular weight excluding hydrogens is 150 g/mol. The maximum atomic E-state index is 3.30. The number of rotatable bonds is 2. The van der Waals surface area contributed by atoms with Gasteiger partial charge in [-0.25, -0.2) is 0 Å². The SMILES string of the molecule is CNC1C=CCN(C)C1N(C)C. The van der Waals surface area contributed by atoms with Crippen molar-refractivity contribution < 1.29 is 0 Å². The molecule has 0 aromatic carbocycles. The van der Waals surface area contributed by atoms with E-state index in [4.69, 9.17) is 0 Å². The molecule has 0 saturated heterocycles. The van der Waals surface area contributed by atoms with Crippen molar-refractivity contribution in [1.82, 2.24) is 15.1 Å². The Morgan fingerprint density at radius 1 is 1.50 bits per heavy atom. The first-order chi connectivity index (χ1) is 5.66. The molecule has 0 aromatic rings. The summed E-state index contributed by atoms with van der Waals surface area (Å²) < 4.78 is 0. The third kappa shape index (κ3) is 1.86. The number of hydrogen-bond donors (Lipinski definition) is 1. The van der Waals surface area contributed by atoms with E-state index >= 15 is 0 Å². The van der Waals surface area contributed by atoms with E-state index in [0.717, 1.165) is 6.54 Å². The second-order valence-corrected chi connectivity index (χ2v) is 3.56. The lowest BCUT2D eigenvalue weighted by Gasteiger charge is -2.39. The van der Waals surface area contributed by atoms with Crippen LogP contribution in [0.5, 0.6) is 0 Å². The van der Waals surface area contributed by atoms with Gasteiger partial charge in [-0.3, -0.25) is 9.80 Å². The van der Waals surface area contributed by atoms with E-state index in [0.29, 0.717) is 12.2 Å². The highest BCUT2D eigenvalue weighted by atomic mass is 15.3. The highest BCUT2D eigenvalue weighted by molar-refractivity contribution is 5.04. The average molecular weight is 169 g/mol. The van der Waals surface area contributed by atoms with Gasteiger partial charge >= 0.3 is 0 Å². The van der Waals surface area contributed by atoms with Gasteiger partial charge < -0.3 is 5.32 Å². The second kappa shape index (κ2) is 4.03. The van der Waals surface area contributed by atoms with Crippen LogP contribution in [0.1, 0.15) is 0 Å². The van der Waals surface area contributed by atoms with Crippen LogP contribution in [-0.2, 0) is 0 Å². The maximum absolute atomic E-state index is 3.30. The normalized spacial score (nSPS) is 31.4. The summed E-state index contributed by atoms with van der Waals surface area (Å²) in [6.45, 7) is 1.04. The van der Waals surface area contributed by atoms with Gasteiger partial charge in [0.05, 0.1) is 12.2 Å². The fourth-order valence-electron chi connectivity index (χ4n) is 1.82. The van der Waals surface area contributed by atoms with Gasteiger partial charge in [0.2, 0.25) is 0 Å². The average Bonchev–Trinajstić information content (AvgIpc) is 2.03. The highest BCUT2D eigenvalue weighted by Gasteiger charge is 2.25. The Morgan fingerprint density at radius 3 is 2.58 bits per heavy atom. The van der Waals surface area contributed by atoms with Crippen LogP contribution in [-0.4, -0.2) is 56.7 Å². The Bertz CT molecular complexity index is 165. The van der Waals surface area contributed by atoms with Crippen LogP contribution in [0.3, 0.4) is 0 Å². The van der Waals surface area contributed by atoms with E-state index in [1.807, 2.05) is 7.05 Å². The smallest absolute Gasteiger partial charge is 0.0812 e. The Labute approximate surface area is 75.0 Å². The van der Waals surface area contributed by atoms with Crippen molar-refractivity contribution in [3.8, 4) is 0 Å². The summed E-state index contributed by atoms with van der Waals surface area (Å²) in [5, 5.41) is 3.30. The molecule has 0 aromatic heterocycles. The quantitative estimate of drug-likeness (QED) is 0.585. The first-order valence-corrected chi connectivity index (χ1v) is 4.37. The topological polar surface area (TPSA) is 18.5 Å². The molecule has 0 spiro atoms. The van der Waals surface area contributed by atoms with E-state index in [1.165, 1.54) is 0 Å². The standard InChI is InChI=1S/C9H19N3/c1-10-8-6-5-7-12(4)9(8)11(2)3/h5-6,8-10H,7H2,1-4H3. The van der Waals surface area contributed by atoms with Gasteiger partial charge in [0.1, 0.15) is 0 Å². The van der Waals surface area contributed by atoms with Crippen LogP contribution in [0.15, 0.2) is 12.2 Å². The van der Waals surface area contributed by atoms with Gasteiger partial charge in [-0.15, -0.1) is 0 Å². The highest BCUT2D eigenvalue weighted by Crippen LogP contribution is 2.11. The molecule has 2 unspecified atom stereocenters. The molecule has 12 heavy (non-hydrogen) atoms. The molecule has 70 valence electrons. The second-order valence-electron chi connectivity index (χ2n) is 3.56. The molecule has 1 aliphatic rings. The predicted octanol–water partition coefficient (Wildman–Crippen LogP) is -0.0363. The summed E-state index contributed by atoms with van der Waals surface area (Å²) in [7, 11) is 8.39. The van der Waals surface area contributed by atoms with Crippen LogP contribution in [0, 0.1) is 0 Å². The largest absolute Gasteiger partial charge is 0.311 e. The van der Waals surface area contributed by atoms with Crippen molar-refractivity contribution in [1.29, 1.82) is 0 Å². The first-order valence-electron chi connectivity index (χ1n) is 4.37. The molecule has 0 saturated carbocycles. The minimum absolute atomic E-state index is 0.443. The number of likely N-dealkylation sites (N-methyl/N-ethyl adjacent to an activating group) is 3. The van der Waals surface area contributed by atoms with Crippen molar-refractivity contribution in [2.45, 2.75) is 12.2 Å². The molecule has 1 N–H and O–H groups in total. The summed E-state index contributed by atoms with van der Waals surface area (Å²) in [5.74, 6) is 0. The van der Waals surface area contributed by atoms with Crippen LogP contribution in [0.4, 0.5) is 0 Å². The van der Waals surface area contributed by atoms with Crippen molar-refractivity contribution in [3.05, 3.63) is 12.2 Å². The Morgan fingerprint density at radius 2 is 2.17 bits per heavy atom. The Balaban J connectivity index is 2.70. The zero-order chi connectivity index (χ0) is 9.14. The monoisotopic (exact) mass is 169 g/mol. The Kier molecular flexibility index (Phi) is 3.26. The van der Waals surface area contributed by atoms with E-state index < -0.39 is 0 Å². The molecule has 0 aliphatic carbocycles. The summed E-state index contributed by atoms with van der Waals surface area (Å²) in [5.41, 5.74) is 0. The van der Waals surface area contributed by atoms with Crippen molar-refractivity contribution in [2.75, 3.05) is 34.7 Å². The van der Waals surface area contributed by atoms with Crippen LogP contribution >= 0.6 is 0 Å². The molecule has 1 rings (SSSR count). The molecule has 2 atom stereocenters. The van der Waals surface area contributed by atoms with Gasteiger partial charge in [-0.2, -0.15) is 0 Å². The third-order valence-electron chi connectivity index (χ3n) is 2.37.